The van der Waals surface area contributed by atoms with Crippen molar-refractivity contribution in [3.8, 4) is 5.75 Å². The van der Waals surface area contributed by atoms with Gasteiger partial charge in [0.1, 0.15) is 5.75 Å². The quantitative estimate of drug-likeness (QED) is 0.675. The summed E-state index contributed by atoms with van der Waals surface area (Å²) in [6, 6.07) is 7.74. The van der Waals surface area contributed by atoms with Gasteiger partial charge in [0.25, 0.3) is 0 Å². The molecule has 1 aromatic heterocycles. The third-order valence-electron chi connectivity index (χ3n) is 2.56. The summed E-state index contributed by atoms with van der Waals surface area (Å²) in [4.78, 5) is 0. The van der Waals surface area contributed by atoms with Crippen LogP contribution in [0.4, 0.5) is 0 Å². The number of hydrogen-bond donors (Lipinski definition) is 1. The summed E-state index contributed by atoms with van der Waals surface area (Å²) < 4.78 is 7.65. The Labute approximate surface area is 116 Å². The molecule has 0 atom stereocenters. The SMILES string of the molecule is CCOc1ccccc1/C=N\n1c(CC)n[nH]c1=S. The monoisotopic (exact) mass is 276 g/mol. The second-order valence-corrected chi connectivity index (χ2v) is 4.21. The van der Waals surface area contributed by atoms with Crippen molar-refractivity contribution < 1.29 is 4.74 Å². The molecule has 1 aromatic carbocycles. The van der Waals surface area contributed by atoms with Gasteiger partial charge in [-0.05, 0) is 31.3 Å². The molecule has 2 aromatic rings. The van der Waals surface area contributed by atoms with E-state index in [-0.39, 0.29) is 0 Å². The predicted octanol–water partition coefficient (Wildman–Crippen LogP) is 2.78. The van der Waals surface area contributed by atoms with Crippen LogP contribution in [0.2, 0.25) is 0 Å². The van der Waals surface area contributed by atoms with E-state index in [1.54, 1.807) is 10.9 Å². The van der Waals surface area contributed by atoms with E-state index in [4.69, 9.17) is 17.0 Å². The summed E-state index contributed by atoms with van der Waals surface area (Å²) >= 11 is 5.14. The molecule has 0 amide bonds. The first kappa shape index (κ1) is 13.5. The highest BCUT2D eigenvalue weighted by molar-refractivity contribution is 7.71. The third kappa shape index (κ3) is 3.08. The highest BCUT2D eigenvalue weighted by Gasteiger charge is 2.03. The highest BCUT2D eigenvalue weighted by atomic mass is 32.1. The van der Waals surface area contributed by atoms with E-state index in [9.17, 15) is 0 Å². The van der Waals surface area contributed by atoms with Crippen LogP contribution in [0.3, 0.4) is 0 Å². The Hall–Kier alpha value is -1.95. The molecule has 1 N–H and O–H groups in total. The highest BCUT2D eigenvalue weighted by Crippen LogP contribution is 2.15. The second kappa shape index (κ2) is 6.29. The van der Waals surface area contributed by atoms with Crippen LogP contribution in [0.5, 0.6) is 5.75 Å². The molecule has 19 heavy (non-hydrogen) atoms. The summed E-state index contributed by atoms with van der Waals surface area (Å²) in [6.45, 7) is 4.58. The number of aryl methyl sites for hydroxylation is 1. The number of benzene rings is 1. The van der Waals surface area contributed by atoms with E-state index in [1.807, 2.05) is 38.1 Å². The first-order chi connectivity index (χ1) is 9.26. The summed E-state index contributed by atoms with van der Waals surface area (Å²) in [7, 11) is 0. The summed E-state index contributed by atoms with van der Waals surface area (Å²) in [6.07, 6.45) is 2.49. The minimum atomic E-state index is 0.488. The summed E-state index contributed by atoms with van der Waals surface area (Å²) in [5, 5.41) is 11.2. The van der Waals surface area contributed by atoms with E-state index in [2.05, 4.69) is 15.3 Å². The molecule has 0 fully saturated rings. The fourth-order valence-corrected chi connectivity index (χ4v) is 1.86. The van der Waals surface area contributed by atoms with Crippen LogP contribution in [-0.4, -0.2) is 27.7 Å². The molecule has 0 spiro atoms. The van der Waals surface area contributed by atoms with Gasteiger partial charge in [0, 0.05) is 12.0 Å². The zero-order valence-electron chi connectivity index (χ0n) is 11.0. The topological polar surface area (TPSA) is 55.2 Å². The Morgan fingerprint density at radius 1 is 1.42 bits per heavy atom. The fourth-order valence-electron chi connectivity index (χ4n) is 1.67. The lowest BCUT2D eigenvalue weighted by Gasteiger charge is -2.05. The fraction of sp³-hybridized carbons (Fsp3) is 0.308. The molecule has 0 bridgehead atoms. The molecular weight excluding hydrogens is 260 g/mol. The zero-order valence-corrected chi connectivity index (χ0v) is 11.8. The first-order valence-corrected chi connectivity index (χ1v) is 6.59. The third-order valence-corrected chi connectivity index (χ3v) is 2.83. The molecule has 6 heteroatoms. The molecule has 2 rings (SSSR count). The van der Waals surface area contributed by atoms with Gasteiger partial charge in [-0.2, -0.15) is 14.9 Å². The Balaban J connectivity index is 2.32. The van der Waals surface area contributed by atoms with E-state index in [1.165, 1.54) is 0 Å². The molecule has 0 radical (unpaired) electrons. The van der Waals surface area contributed by atoms with Crippen molar-refractivity contribution in [2.24, 2.45) is 5.10 Å². The average molecular weight is 276 g/mol. The van der Waals surface area contributed by atoms with Gasteiger partial charge in [0.05, 0.1) is 12.8 Å². The molecule has 100 valence electrons. The largest absolute Gasteiger partial charge is 0.493 e. The van der Waals surface area contributed by atoms with Gasteiger partial charge in [-0.3, -0.25) is 5.10 Å². The van der Waals surface area contributed by atoms with Crippen LogP contribution >= 0.6 is 12.2 Å². The Morgan fingerprint density at radius 3 is 2.95 bits per heavy atom. The van der Waals surface area contributed by atoms with Crippen LogP contribution in [0.15, 0.2) is 29.4 Å². The number of aromatic nitrogens is 3. The minimum Gasteiger partial charge on any atom is -0.493 e. The number of ether oxygens (including phenoxy) is 1. The summed E-state index contributed by atoms with van der Waals surface area (Å²) in [5.74, 6) is 1.61. The van der Waals surface area contributed by atoms with Crippen LogP contribution in [0.1, 0.15) is 25.2 Å². The number of aromatic amines is 1. The molecule has 0 saturated heterocycles. The number of hydrogen-bond acceptors (Lipinski definition) is 4. The molecule has 0 unspecified atom stereocenters. The van der Waals surface area contributed by atoms with Gasteiger partial charge >= 0.3 is 0 Å². The van der Waals surface area contributed by atoms with Crippen LogP contribution < -0.4 is 4.74 Å². The number of nitrogens with zero attached hydrogens (tertiary/aromatic N) is 3. The first-order valence-electron chi connectivity index (χ1n) is 6.18. The molecule has 5 nitrogen and oxygen atoms in total. The van der Waals surface area contributed by atoms with Crippen LogP contribution in [-0.2, 0) is 6.42 Å². The standard InChI is InChI=1S/C13H16N4OS/c1-3-12-15-16-13(19)17(12)14-9-10-7-5-6-8-11(10)18-4-2/h5-9H,3-4H2,1-2H3,(H,16,19)/b14-9-. The molecule has 0 saturated carbocycles. The number of rotatable bonds is 5. The van der Waals surface area contributed by atoms with Crippen LogP contribution in [0.25, 0.3) is 0 Å². The molecule has 1 heterocycles. The van der Waals surface area contributed by atoms with Gasteiger partial charge in [0.2, 0.25) is 4.77 Å². The lowest BCUT2D eigenvalue weighted by molar-refractivity contribution is 0.340. The van der Waals surface area contributed by atoms with Crippen LogP contribution in [0, 0.1) is 4.77 Å². The normalized spacial score (nSPS) is 11.1. The van der Waals surface area contributed by atoms with E-state index in [0.717, 1.165) is 23.6 Å². The molecular formula is C13H16N4OS. The van der Waals surface area contributed by atoms with Crippen molar-refractivity contribution in [2.45, 2.75) is 20.3 Å². The summed E-state index contributed by atoms with van der Waals surface area (Å²) in [5.41, 5.74) is 0.912. The smallest absolute Gasteiger partial charge is 0.216 e. The Morgan fingerprint density at radius 2 is 2.21 bits per heavy atom. The Bertz CT molecular complexity index is 630. The van der Waals surface area contributed by atoms with Gasteiger partial charge in [-0.25, -0.2) is 0 Å². The Kier molecular flexibility index (Phi) is 4.46. The van der Waals surface area contributed by atoms with E-state index < -0.39 is 0 Å². The van der Waals surface area contributed by atoms with Crippen molar-refractivity contribution in [3.05, 3.63) is 40.4 Å². The van der Waals surface area contributed by atoms with Gasteiger partial charge in [-0.15, -0.1) is 0 Å². The second-order valence-electron chi connectivity index (χ2n) is 3.83. The van der Waals surface area contributed by atoms with Crippen molar-refractivity contribution in [1.82, 2.24) is 14.9 Å². The van der Waals surface area contributed by atoms with Gasteiger partial charge in [-0.1, -0.05) is 19.1 Å². The average Bonchev–Trinajstić information content (AvgIpc) is 2.79. The maximum absolute atomic E-state index is 5.54. The molecule has 0 aliphatic rings. The molecule has 0 aliphatic heterocycles. The lowest BCUT2D eigenvalue weighted by Crippen LogP contribution is -1.99. The maximum Gasteiger partial charge on any atom is 0.216 e. The van der Waals surface area contributed by atoms with Crippen molar-refractivity contribution in [3.63, 3.8) is 0 Å². The number of nitrogens with one attached hydrogen (secondary N) is 1. The minimum absolute atomic E-state index is 0.488. The van der Waals surface area contributed by atoms with Gasteiger partial charge < -0.3 is 4.74 Å². The zero-order chi connectivity index (χ0) is 13.7. The van der Waals surface area contributed by atoms with Crippen molar-refractivity contribution >= 4 is 18.4 Å². The van der Waals surface area contributed by atoms with Crippen molar-refractivity contribution in [1.29, 1.82) is 0 Å². The number of H-pyrrole nitrogens is 1. The molecule has 0 aliphatic carbocycles. The van der Waals surface area contributed by atoms with Crippen molar-refractivity contribution in [2.75, 3.05) is 6.61 Å². The lowest BCUT2D eigenvalue weighted by atomic mass is 10.2. The van der Waals surface area contributed by atoms with E-state index in [0.29, 0.717) is 11.4 Å². The van der Waals surface area contributed by atoms with Gasteiger partial charge in [0.15, 0.2) is 5.82 Å². The predicted molar refractivity (Wildman–Crippen MR) is 77.4 cm³/mol. The van der Waals surface area contributed by atoms with E-state index >= 15 is 0 Å². The number of para-hydroxylation sites is 1. The maximum atomic E-state index is 5.54.